The zero-order chi connectivity index (χ0) is 20.9. The maximum absolute atomic E-state index is 12.3. The molecule has 0 radical (unpaired) electrons. The summed E-state index contributed by atoms with van der Waals surface area (Å²) in [4.78, 5) is 16.6. The number of hydrogen-bond acceptors (Lipinski definition) is 4. The molecule has 2 heterocycles. The highest BCUT2D eigenvalue weighted by atomic mass is 16.5. The average molecular weight is 393 g/mol. The lowest BCUT2D eigenvalue weighted by atomic mass is 9.87. The Kier molecular flexibility index (Phi) is 6.32. The standard InChI is InChI=1S/C23H28N4O2/c1-17-16-21(27(26-17)20-8-5-6-14-24-20)25-22(28)9-7-15-29-19-12-10-18(11-13-19)23(2,3)4/h5-6,8,10-14,16H,7,9,15H2,1-4H3,(H,25,28). The molecule has 3 aromatic rings. The number of benzene rings is 1. The fourth-order valence-electron chi connectivity index (χ4n) is 2.92. The van der Waals surface area contributed by atoms with Crippen LogP contribution in [0.4, 0.5) is 5.82 Å². The second kappa shape index (κ2) is 8.90. The van der Waals surface area contributed by atoms with Crippen LogP contribution in [-0.2, 0) is 10.2 Å². The molecule has 152 valence electrons. The van der Waals surface area contributed by atoms with Crippen molar-refractivity contribution < 1.29 is 9.53 Å². The topological polar surface area (TPSA) is 69.0 Å². The maximum atomic E-state index is 12.3. The summed E-state index contributed by atoms with van der Waals surface area (Å²) < 4.78 is 7.40. The van der Waals surface area contributed by atoms with Crippen LogP contribution in [0.25, 0.3) is 5.82 Å². The van der Waals surface area contributed by atoms with E-state index in [1.54, 1.807) is 10.9 Å². The number of anilines is 1. The van der Waals surface area contributed by atoms with Gasteiger partial charge in [-0.05, 0) is 48.6 Å². The van der Waals surface area contributed by atoms with E-state index in [0.717, 1.165) is 11.4 Å². The Bertz CT molecular complexity index is 941. The van der Waals surface area contributed by atoms with Crippen LogP contribution < -0.4 is 10.1 Å². The zero-order valence-corrected chi connectivity index (χ0v) is 17.5. The van der Waals surface area contributed by atoms with Gasteiger partial charge in [-0.25, -0.2) is 4.98 Å². The Morgan fingerprint density at radius 2 is 1.90 bits per heavy atom. The quantitative estimate of drug-likeness (QED) is 0.593. The number of hydrogen-bond donors (Lipinski definition) is 1. The minimum atomic E-state index is -0.0752. The van der Waals surface area contributed by atoms with E-state index in [-0.39, 0.29) is 11.3 Å². The summed E-state index contributed by atoms with van der Waals surface area (Å²) in [5, 5.41) is 7.33. The minimum absolute atomic E-state index is 0.0752. The predicted octanol–water partition coefficient (Wildman–Crippen LogP) is 4.67. The summed E-state index contributed by atoms with van der Waals surface area (Å²) in [6, 6.07) is 15.5. The van der Waals surface area contributed by atoms with E-state index in [0.29, 0.717) is 31.1 Å². The van der Waals surface area contributed by atoms with Crippen LogP contribution in [0, 0.1) is 6.92 Å². The summed E-state index contributed by atoms with van der Waals surface area (Å²) in [6.45, 7) is 8.92. The summed E-state index contributed by atoms with van der Waals surface area (Å²) >= 11 is 0. The van der Waals surface area contributed by atoms with E-state index >= 15 is 0 Å². The molecule has 1 N–H and O–H groups in total. The molecular weight excluding hydrogens is 364 g/mol. The first kappa shape index (κ1) is 20.6. The van der Waals surface area contributed by atoms with Crippen LogP contribution in [0.15, 0.2) is 54.7 Å². The lowest BCUT2D eigenvalue weighted by Crippen LogP contribution is -2.16. The van der Waals surface area contributed by atoms with Gasteiger partial charge in [0.15, 0.2) is 5.82 Å². The molecule has 0 spiro atoms. The van der Waals surface area contributed by atoms with Crippen molar-refractivity contribution in [1.82, 2.24) is 14.8 Å². The number of nitrogens with zero attached hydrogens (tertiary/aromatic N) is 3. The molecule has 0 saturated carbocycles. The first-order chi connectivity index (χ1) is 13.8. The van der Waals surface area contributed by atoms with Crippen molar-refractivity contribution in [2.24, 2.45) is 0 Å². The first-order valence-electron chi connectivity index (χ1n) is 9.84. The molecule has 0 bridgehead atoms. The highest BCUT2D eigenvalue weighted by molar-refractivity contribution is 5.90. The van der Waals surface area contributed by atoms with Gasteiger partial charge < -0.3 is 10.1 Å². The van der Waals surface area contributed by atoms with Crippen molar-refractivity contribution in [3.8, 4) is 11.6 Å². The molecule has 6 nitrogen and oxygen atoms in total. The Balaban J connectivity index is 1.49. The Labute approximate surface area is 171 Å². The van der Waals surface area contributed by atoms with E-state index in [9.17, 15) is 4.79 Å². The molecule has 0 unspecified atom stereocenters. The Morgan fingerprint density at radius 1 is 1.14 bits per heavy atom. The van der Waals surface area contributed by atoms with Crippen molar-refractivity contribution in [3.05, 3.63) is 66.0 Å². The Hall–Kier alpha value is -3.15. The number of pyridine rings is 1. The number of carbonyl (C=O) groups is 1. The van der Waals surface area contributed by atoms with Crippen LogP contribution in [0.3, 0.4) is 0 Å². The maximum Gasteiger partial charge on any atom is 0.225 e. The van der Waals surface area contributed by atoms with Gasteiger partial charge in [0, 0.05) is 18.7 Å². The molecular formula is C23H28N4O2. The van der Waals surface area contributed by atoms with Gasteiger partial charge in [0.1, 0.15) is 11.6 Å². The van der Waals surface area contributed by atoms with E-state index in [4.69, 9.17) is 4.74 Å². The number of nitrogens with one attached hydrogen (secondary N) is 1. The van der Waals surface area contributed by atoms with Gasteiger partial charge in [-0.2, -0.15) is 9.78 Å². The molecule has 1 aromatic carbocycles. The predicted molar refractivity (Wildman–Crippen MR) is 115 cm³/mol. The number of ether oxygens (including phenoxy) is 1. The van der Waals surface area contributed by atoms with Gasteiger partial charge in [0.05, 0.1) is 12.3 Å². The van der Waals surface area contributed by atoms with Gasteiger partial charge in [0.25, 0.3) is 0 Å². The first-order valence-corrected chi connectivity index (χ1v) is 9.84. The van der Waals surface area contributed by atoms with Gasteiger partial charge in [-0.1, -0.05) is 39.0 Å². The van der Waals surface area contributed by atoms with Crippen molar-refractivity contribution in [3.63, 3.8) is 0 Å². The molecule has 0 aliphatic carbocycles. The molecule has 0 aliphatic heterocycles. The normalized spacial score (nSPS) is 11.3. The lowest BCUT2D eigenvalue weighted by molar-refractivity contribution is -0.116. The van der Waals surface area contributed by atoms with Gasteiger partial charge in [-0.3, -0.25) is 4.79 Å². The summed E-state index contributed by atoms with van der Waals surface area (Å²) in [5.74, 6) is 2.03. The molecule has 2 aromatic heterocycles. The van der Waals surface area contributed by atoms with E-state index < -0.39 is 0 Å². The van der Waals surface area contributed by atoms with Crippen LogP contribution in [-0.4, -0.2) is 27.3 Å². The highest BCUT2D eigenvalue weighted by Gasteiger charge is 2.13. The summed E-state index contributed by atoms with van der Waals surface area (Å²) in [6.07, 6.45) is 2.69. The summed E-state index contributed by atoms with van der Waals surface area (Å²) in [5.41, 5.74) is 2.20. The molecule has 3 rings (SSSR count). The number of aryl methyl sites for hydroxylation is 1. The van der Waals surface area contributed by atoms with Crippen molar-refractivity contribution in [2.75, 3.05) is 11.9 Å². The third-order valence-corrected chi connectivity index (χ3v) is 4.50. The third kappa shape index (κ3) is 5.67. The molecule has 0 atom stereocenters. The zero-order valence-electron chi connectivity index (χ0n) is 17.5. The lowest BCUT2D eigenvalue weighted by Gasteiger charge is -2.19. The second-order valence-corrected chi connectivity index (χ2v) is 8.05. The molecule has 0 aliphatic rings. The molecule has 1 amide bonds. The highest BCUT2D eigenvalue weighted by Crippen LogP contribution is 2.24. The smallest absolute Gasteiger partial charge is 0.225 e. The van der Waals surface area contributed by atoms with Gasteiger partial charge in [-0.15, -0.1) is 0 Å². The van der Waals surface area contributed by atoms with Crippen LogP contribution in [0.1, 0.15) is 44.9 Å². The van der Waals surface area contributed by atoms with Crippen molar-refractivity contribution in [1.29, 1.82) is 0 Å². The largest absolute Gasteiger partial charge is 0.494 e. The summed E-state index contributed by atoms with van der Waals surface area (Å²) in [7, 11) is 0. The fourth-order valence-corrected chi connectivity index (χ4v) is 2.92. The number of aromatic nitrogens is 3. The van der Waals surface area contributed by atoms with Crippen molar-refractivity contribution >= 4 is 11.7 Å². The number of amides is 1. The monoisotopic (exact) mass is 392 g/mol. The number of carbonyl (C=O) groups excluding carboxylic acids is 1. The molecule has 0 fully saturated rings. The molecule has 0 saturated heterocycles. The third-order valence-electron chi connectivity index (χ3n) is 4.50. The second-order valence-electron chi connectivity index (χ2n) is 8.05. The van der Waals surface area contributed by atoms with E-state index in [1.165, 1.54) is 5.56 Å². The number of rotatable bonds is 7. The average Bonchev–Trinajstić information content (AvgIpc) is 3.05. The van der Waals surface area contributed by atoms with E-state index in [2.05, 4.69) is 48.3 Å². The van der Waals surface area contributed by atoms with Crippen LogP contribution >= 0.6 is 0 Å². The van der Waals surface area contributed by atoms with E-state index in [1.807, 2.05) is 43.3 Å². The van der Waals surface area contributed by atoms with Crippen molar-refractivity contribution in [2.45, 2.75) is 46.0 Å². The Morgan fingerprint density at radius 3 is 2.55 bits per heavy atom. The SMILES string of the molecule is Cc1cc(NC(=O)CCCOc2ccc(C(C)(C)C)cc2)n(-c2ccccn2)n1. The van der Waals surface area contributed by atoms with Crippen LogP contribution in [0.5, 0.6) is 5.75 Å². The molecule has 6 heteroatoms. The minimum Gasteiger partial charge on any atom is -0.494 e. The van der Waals surface area contributed by atoms with Gasteiger partial charge >= 0.3 is 0 Å². The fraction of sp³-hybridized carbons (Fsp3) is 0.348. The van der Waals surface area contributed by atoms with Gasteiger partial charge in [0.2, 0.25) is 5.91 Å². The molecule has 29 heavy (non-hydrogen) atoms. The van der Waals surface area contributed by atoms with Crippen LogP contribution in [0.2, 0.25) is 0 Å².